The van der Waals surface area contributed by atoms with Crippen LogP contribution in [-0.4, -0.2) is 32.9 Å². The maximum Gasteiger partial charge on any atom is 0.243 e. The maximum atomic E-state index is 13.0. The Bertz CT molecular complexity index is 1000. The molecule has 28 heavy (non-hydrogen) atoms. The van der Waals surface area contributed by atoms with Crippen molar-refractivity contribution in [2.75, 3.05) is 20.2 Å². The van der Waals surface area contributed by atoms with Gasteiger partial charge in [-0.25, -0.2) is 8.42 Å². The van der Waals surface area contributed by atoms with Crippen molar-refractivity contribution in [3.63, 3.8) is 0 Å². The number of methoxy groups -OCH3 is 1. The van der Waals surface area contributed by atoms with E-state index in [1.165, 1.54) is 0 Å². The van der Waals surface area contributed by atoms with Gasteiger partial charge in [-0.15, -0.1) is 0 Å². The molecule has 2 aromatic rings. The first-order chi connectivity index (χ1) is 13.2. The molecule has 1 heterocycles. The third-order valence-corrected chi connectivity index (χ3v) is 7.28. The van der Waals surface area contributed by atoms with Gasteiger partial charge in [0.25, 0.3) is 0 Å². The van der Waals surface area contributed by atoms with E-state index in [2.05, 4.69) is 13.5 Å². The lowest BCUT2D eigenvalue weighted by Gasteiger charge is -2.16. The van der Waals surface area contributed by atoms with Gasteiger partial charge in [0.05, 0.1) is 12.0 Å². The lowest BCUT2D eigenvalue weighted by Crippen LogP contribution is -2.28. The standard InChI is InChI=1S/C23H27NO3S/c1-16-6-12-22(13-7-16)28(25,26)24-14-17(2)23(15-24)19(4)18(3)20-8-10-21(27-5)11-9-20/h6-13,17H,3,14-15H2,1-2,4-5H3/b23-19-. The third kappa shape index (κ3) is 3.91. The summed E-state index contributed by atoms with van der Waals surface area (Å²) in [6.07, 6.45) is 0. The van der Waals surface area contributed by atoms with Crippen molar-refractivity contribution < 1.29 is 13.2 Å². The van der Waals surface area contributed by atoms with E-state index in [0.717, 1.165) is 33.6 Å². The highest BCUT2D eigenvalue weighted by molar-refractivity contribution is 7.89. The van der Waals surface area contributed by atoms with Crippen LogP contribution in [0.3, 0.4) is 0 Å². The van der Waals surface area contributed by atoms with Crippen LogP contribution in [0.1, 0.15) is 25.0 Å². The summed E-state index contributed by atoms with van der Waals surface area (Å²) in [5.41, 5.74) is 5.15. The van der Waals surface area contributed by atoms with Gasteiger partial charge in [-0.3, -0.25) is 0 Å². The normalized spacial score (nSPS) is 19.5. The van der Waals surface area contributed by atoms with Crippen LogP contribution in [0.15, 0.2) is 71.2 Å². The summed E-state index contributed by atoms with van der Waals surface area (Å²) in [6, 6.07) is 14.8. The second-order valence-electron chi connectivity index (χ2n) is 7.37. The van der Waals surface area contributed by atoms with Gasteiger partial charge >= 0.3 is 0 Å². The predicted molar refractivity (Wildman–Crippen MR) is 114 cm³/mol. The Kier molecular flexibility index (Phi) is 5.77. The summed E-state index contributed by atoms with van der Waals surface area (Å²) in [4.78, 5) is 0.346. The molecule has 3 rings (SSSR count). The SMILES string of the molecule is C=C(/C(C)=C1/CN(S(=O)(=O)c2ccc(C)cc2)CC1C)c1ccc(OC)cc1. The van der Waals surface area contributed by atoms with Gasteiger partial charge < -0.3 is 4.74 Å². The molecular formula is C23H27NO3S. The highest BCUT2D eigenvalue weighted by atomic mass is 32.2. The molecule has 2 aromatic carbocycles. The Balaban J connectivity index is 1.86. The van der Waals surface area contributed by atoms with Crippen LogP contribution in [0.25, 0.3) is 5.57 Å². The monoisotopic (exact) mass is 397 g/mol. The lowest BCUT2D eigenvalue weighted by atomic mass is 9.92. The molecule has 5 heteroatoms. The Labute approximate surface area is 168 Å². The van der Waals surface area contributed by atoms with Gasteiger partial charge in [-0.1, -0.05) is 43.3 Å². The molecule has 4 nitrogen and oxygen atoms in total. The number of aryl methyl sites for hydroxylation is 1. The summed E-state index contributed by atoms with van der Waals surface area (Å²) in [7, 11) is -1.86. The second-order valence-corrected chi connectivity index (χ2v) is 9.31. The molecule has 0 spiro atoms. The van der Waals surface area contributed by atoms with Gasteiger partial charge in [-0.2, -0.15) is 4.31 Å². The van der Waals surface area contributed by atoms with Crippen molar-refractivity contribution in [2.24, 2.45) is 5.92 Å². The summed E-state index contributed by atoms with van der Waals surface area (Å²) < 4.78 is 32.9. The van der Waals surface area contributed by atoms with Crippen LogP contribution in [0, 0.1) is 12.8 Å². The fourth-order valence-corrected chi connectivity index (χ4v) is 5.07. The number of hydrogen-bond acceptors (Lipinski definition) is 3. The minimum absolute atomic E-state index is 0.148. The number of hydrogen-bond donors (Lipinski definition) is 0. The zero-order valence-electron chi connectivity index (χ0n) is 16.9. The fraction of sp³-hybridized carbons (Fsp3) is 0.304. The van der Waals surface area contributed by atoms with Crippen molar-refractivity contribution in [3.05, 3.63) is 77.4 Å². The molecule has 0 radical (unpaired) electrons. The van der Waals surface area contributed by atoms with Crippen LogP contribution in [0.2, 0.25) is 0 Å². The van der Waals surface area contributed by atoms with Gasteiger partial charge in [0.15, 0.2) is 0 Å². The maximum absolute atomic E-state index is 13.0. The van der Waals surface area contributed by atoms with E-state index in [1.807, 2.05) is 50.2 Å². The summed E-state index contributed by atoms with van der Waals surface area (Å²) >= 11 is 0. The molecule has 0 bridgehead atoms. The quantitative estimate of drug-likeness (QED) is 0.736. The van der Waals surface area contributed by atoms with E-state index < -0.39 is 10.0 Å². The first-order valence-corrected chi connectivity index (χ1v) is 10.8. The molecule has 0 aliphatic carbocycles. The first-order valence-electron chi connectivity index (χ1n) is 9.34. The largest absolute Gasteiger partial charge is 0.497 e. The Morgan fingerprint density at radius 3 is 2.29 bits per heavy atom. The lowest BCUT2D eigenvalue weighted by molar-refractivity contribution is 0.415. The first kappa shape index (κ1) is 20.4. The number of nitrogens with zero attached hydrogens (tertiary/aromatic N) is 1. The van der Waals surface area contributed by atoms with Crippen molar-refractivity contribution >= 4 is 15.6 Å². The Hall–Kier alpha value is -2.37. The zero-order chi connectivity index (χ0) is 20.5. The van der Waals surface area contributed by atoms with E-state index in [-0.39, 0.29) is 5.92 Å². The minimum atomic E-state index is -3.50. The van der Waals surface area contributed by atoms with E-state index in [9.17, 15) is 8.42 Å². The smallest absolute Gasteiger partial charge is 0.243 e. The minimum Gasteiger partial charge on any atom is -0.497 e. The molecule has 0 amide bonds. The van der Waals surface area contributed by atoms with Crippen LogP contribution in [-0.2, 0) is 10.0 Å². The van der Waals surface area contributed by atoms with Crippen molar-refractivity contribution in [3.8, 4) is 5.75 Å². The van der Waals surface area contributed by atoms with Crippen molar-refractivity contribution in [1.82, 2.24) is 4.31 Å². The molecule has 0 aromatic heterocycles. The van der Waals surface area contributed by atoms with Gasteiger partial charge in [-0.05, 0) is 66.3 Å². The average Bonchev–Trinajstić information content (AvgIpc) is 3.09. The predicted octanol–water partition coefficient (Wildman–Crippen LogP) is 4.67. The van der Waals surface area contributed by atoms with E-state index in [0.29, 0.717) is 18.0 Å². The molecule has 0 N–H and O–H groups in total. The number of sulfonamides is 1. The van der Waals surface area contributed by atoms with E-state index in [1.54, 1.807) is 23.5 Å². The topological polar surface area (TPSA) is 46.6 Å². The van der Waals surface area contributed by atoms with Crippen LogP contribution >= 0.6 is 0 Å². The molecule has 1 fully saturated rings. The molecule has 148 valence electrons. The number of rotatable bonds is 5. The molecule has 1 unspecified atom stereocenters. The van der Waals surface area contributed by atoms with Gasteiger partial charge in [0, 0.05) is 13.1 Å². The van der Waals surface area contributed by atoms with E-state index >= 15 is 0 Å². The second kappa shape index (κ2) is 7.94. The van der Waals surface area contributed by atoms with Crippen LogP contribution in [0.5, 0.6) is 5.75 Å². The van der Waals surface area contributed by atoms with Gasteiger partial charge in [0.1, 0.15) is 5.75 Å². The highest BCUT2D eigenvalue weighted by Gasteiger charge is 2.34. The average molecular weight is 398 g/mol. The molecule has 1 atom stereocenters. The molecule has 0 saturated carbocycles. The number of benzene rings is 2. The summed E-state index contributed by atoms with van der Waals surface area (Å²) in [6.45, 7) is 11.2. The molecule has 1 aliphatic heterocycles. The molecule has 1 aliphatic rings. The molecular weight excluding hydrogens is 370 g/mol. The number of allylic oxidation sites excluding steroid dienone is 2. The fourth-order valence-electron chi connectivity index (χ4n) is 3.56. The Morgan fingerprint density at radius 1 is 1.11 bits per heavy atom. The Morgan fingerprint density at radius 2 is 1.71 bits per heavy atom. The summed E-state index contributed by atoms with van der Waals surface area (Å²) in [5.74, 6) is 0.946. The van der Waals surface area contributed by atoms with Crippen LogP contribution in [0.4, 0.5) is 0 Å². The van der Waals surface area contributed by atoms with Crippen LogP contribution < -0.4 is 4.74 Å². The van der Waals surface area contributed by atoms with E-state index in [4.69, 9.17) is 4.74 Å². The molecule has 1 saturated heterocycles. The number of ether oxygens (including phenoxy) is 1. The van der Waals surface area contributed by atoms with Crippen molar-refractivity contribution in [1.29, 1.82) is 0 Å². The van der Waals surface area contributed by atoms with Crippen molar-refractivity contribution in [2.45, 2.75) is 25.7 Å². The zero-order valence-corrected chi connectivity index (χ0v) is 17.7. The third-order valence-electron chi connectivity index (χ3n) is 5.45. The summed E-state index contributed by atoms with van der Waals surface area (Å²) in [5, 5.41) is 0. The highest BCUT2D eigenvalue weighted by Crippen LogP contribution is 2.34. The van der Waals surface area contributed by atoms with Gasteiger partial charge in [0.2, 0.25) is 10.0 Å².